The molecule has 1 heterocycles. The molecule has 15 heavy (non-hydrogen) atoms. The van der Waals surface area contributed by atoms with Crippen LogP contribution in [0.4, 0.5) is 0 Å². The Morgan fingerprint density at radius 1 is 1.53 bits per heavy atom. The minimum Gasteiger partial charge on any atom is -0.466 e. The maximum absolute atomic E-state index is 11.2. The summed E-state index contributed by atoms with van der Waals surface area (Å²) in [6, 6.07) is 2.23. The number of carbonyl (C=O) groups excluding carboxylic acids is 1. The van der Waals surface area contributed by atoms with Gasteiger partial charge in [-0.1, -0.05) is 6.58 Å². The Labute approximate surface area is 84.8 Å². The van der Waals surface area contributed by atoms with E-state index in [2.05, 4.69) is 16.4 Å². The van der Waals surface area contributed by atoms with E-state index in [-0.39, 0.29) is 12.1 Å². The summed E-state index contributed by atoms with van der Waals surface area (Å²) in [6.45, 7) is 3.34. The van der Waals surface area contributed by atoms with Crippen LogP contribution in [0.2, 0.25) is 0 Å². The van der Waals surface area contributed by atoms with Crippen LogP contribution in [0.5, 0.6) is 0 Å². The minimum atomic E-state index is -0.619. The molecule has 1 rings (SSSR count). The summed E-state index contributed by atoms with van der Waals surface area (Å²) in [4.78, 5) is 33.1. The van der Waals surface area contributed by atoms with Gasteiger partial charge in [0.05, 0.1) is 19.2 Å². The van der Waals surface area contributed by atoms with Gasteiger partial charge in [0, 0.05) is 12.1 Å². The summed E-state index contributed by atoms with van der Waals surface area (Å²) in [5.41, 5.74) is -0.756. The van der Waals surface area contributed by atoms with E-state index in [9.17, 15) is 14.4 Å². The van der Waals surface area contributed by atoms with E-state index in [1.807, 2.05) is 0 Å². The van der Waals surface area contributed by atoms with Crippen molar-refractivity contribution in [3.8, 4) is 0 Å². The minimum absolute atomic E-state index is 0.0847. The second kappa shape index (κ2) is 4.41. The van der Waals surface area contributed by atoms with Crippen LogP contribution in [0.25, 0.3) is 0 Å². The van der Waals surface area contributed by atoms with E-state index in [0.29, 0.717) is 0 Å². The standard InChI is InChI=1S/C9H10N2O4/c1-6(9(14)15-2)5-11-8(13)4-3-7(12)10-11/h3-4H,1,5H2,2H3,(H,10,12). The van der Waals surface area contributed by atoms with Crippen molar-refractivity contribution in [3.63, 3.8) is 0 Å². The molecular weight excluding hydrogens is 200 g/mol. The number of ether oxygens (including phenoxy) is 1. The second-order valence-corrected chi connectivity index (χ2v) is 2.83. The van der Waals surface area contributed by atoms with E-state index in [0.717, 1.165) is 16.8 Å². The highest BCUT2D eigenvalue weighted by Gasteiger charge is 2.08. The molecule has 0 aromatic carbocycles. The van der Waals surface area contributed by atoms with Crippen molar-refractivity contribution in [1.82, 2.24) is 9.78 Å². The van der Waals surface area contributed by atoms with Crippen molar-refractivity contribution >= 4 is 5.97 Å². The number of rotatable bonds is 3. The summed E-state index contributed by atoms with van der Waals surface area (Å²) in [5.74, 6) is -0.619. The zero-order chi connectivity index (χ0) is 11.4. The Bertz CT molecular complexity index is 497. The van der Waals surface area contributed by atoms with E-state index in [1.54, 1.807) is 0 Å². The van der Waals surface area contributed by atoms with Gasteiger partial charge in [-0.3, -0.25) is 14.7 Å². The highest BCUT2D eigenvalue weighted by Crippen LogP contribution is 1.94. The first-order valence-electron chi connectivity index (χ1n) is 4.11. The zero-order valence-corrected chi connectivity index (χ0v) is 8.15. The van der Waals surface area contributed by atoms with Crippen LogP contribution in [0, 0.1) is 0 Å². The zero-order valence-electron chi connectivity index (χ0n) is 8.15. The largest absolute Gasteiger partial charge is 0.466 e. The molecule has 0 aliphatic carbocycles. The Kier molecular flexibility index (Phi) is 3.22. The molecule has 80 valence electrons. The lowest BCUT2D eigenvalue weighted by atomic mass is 10.3. The molecule has 0 aliphatic rings. The monoisotopic (exact) mass is 210 g/mol. The molecule has 0 aliphatic heterocycles. The number of carbonyl (C=O) groups is 1. The van der Waals surface area contributed by atoms with Crippen LogP contribution in [0.1, 0.15) is 0 Å². The molecule has 0 bridgehead atoms. The van der Waals surface area contributed by atoms with Gasteiger partial charge in [-0.2, -0.15) is 0 Å². The maximum atomic E-state index is 11.2. The molecule has 0 saturated heterocycles. The molecule has 0 radical (unpaired) electrons. The molecular formula is C9H10N2O4. The molecule has 0 atom stereocenters. The van der Waals surface area contributed by atoms with Crippen LogP contribution >= 0.6 is 0 Å². The molecule has 1 N–H and O–H groups in total. The van der Waals surface area contributed by atoms with Crippen LogP contribution in [-0.2, 0) is 16.1 Å². The molecule has 0 fully saturated rings. The van der Waals surface area contributed by atoms with Crippen molar-refractivity contribution in [2.45, 2.75) is 6.54 Å². The predicted molar refractivity (Wildman–Crippen MR) is 52.5 cm³/mol. The number of hydrogen-bond acceptors (Lipinski definition) is 4. The van der Waals surface area contributed by atoms with Crippen LogP contribution in [0.3, 0.4) is 0 Å². The van der Waals surface area contributed by atoms with Crippen molar-refractivity contribution in [2.75, 3.05) is 7.11 Å². The number of H-pyrrole nitrogens is 1. The van der Waals surface area contributed by atoms with Gasteiger partial charge in [-0.15, -0.1) is 0 Å². The first-order chi connectivity index (χ1) is 7.04. The van der Waals surface area contributed by atoms with Gasteiger partial charge < -0.3 is 4.74 Å². The Morgan fingerprint density at radius 3 is 2.80 bits per heavy atom. The van der Waals surface area contributed by atoms with Crippen LogP contribution < -0.4 is 11.1 Å². The number of hydrogen-bond donors (Lipinski definition) is 1. The fraction of sp³-hybridized carbons (Fsp3) is 0.222. The summed E-state index contributed by atoms with van der Waals surface area (Å²) < 4.78 is 5.40. The van der Waals surface area contributed by atoms with E-state index < -0.39 is 17.1 Å². The third kappa shape index (κ3) is 2.67. The third-order valence-electron chi connectivity index (χ3n) is 1.71. The summed E-state index contributed by atoms with van der Waals surface area (Å²) >= 11 is 0. The Morgan fingerprint density at radius 2 is 2.20 bits per heavy atom. The lowest BCUT2D eigenvalue weighted by Crippen LogP contribution is -2.29. The first kappa shape index (κ1) is 11.0. The number of nitrogens with one attached hydrogen (secondary N) is 1. The number of aromatic nitrogens is 2. The van der Waals surface area contributed by atoms with Gasteiger partial charge in [-0.25, -0.2) is 9.48 Å². The van der Waals surface area contributed by atoms with Crippen molar-refractivity contribution in [2.24, 2.45) is 0 Å². The Hall–Kier alpha value is -2.11. The van der Waals surface area contributed by atoms with Crippen molar-refractivity contribution in [1.29, 1.82) is 0 Å². The van der Waals surface area contributed by atoms with Gasteiger partial charge in [0.1, 0.15) is 0 Å². The SMILES string of the molecule is C=C(Cn1[nH]c(=O)ccc1=O)C(=O)OC. The molecule has 0 unspecified atom stereocenters. The van der Waals surface area contributed by atoms with E-state index in [4.69, 9.17) is 0 Å². The lowest BCUT2D eigenvalue weighted by Gasteiger charge is -2.05. The van der Waals surface area contributed by atoms with Gasteiger partial charge in [0.25, 0.3) is 11.1 Å². The fourth-order valence-electron chi connectivity index (χ4n) is 0.980. The van der Waals surface area contributed by atoms with Crippen LogP contribution in [-0.4, -0.2) is 22.9 Å². The van der Waals surface area contributed by atoms with Gasteiger partial charge in [0.2, 0.25) is 0 Å². The van der Waals surface area contributed by atoms with Gasteiger partial charge in [-0.05, 0) is 0 Å². The van der Waals surface area contributed by atoms with Crippen molar-refractivity contribution < 1.29 is 9.53 Å². The van der Waals surface area contributed by atoms with E-state index in [1.165, 1.54) is 7.11 Å². The summed E-state index contributed by atoms with van der Waals surface area (Å²) in [6.07, 6.45) is 0. The number of esters is 1. The number of aromatic amines is 1. The lowest BCUT2D eigenvalue weighted by molar-refractivity contribution is -0.136. The van der Waals surface area contributed by atoms with Gasteiger partial charge >= 0.3 is 5.97 Å². The maximum Gasteiger partial charge on any atom is 0.335 e. The molecule has 6 nitrogen and oxygen atoms in total. The number of nitrogens with zero attached hydrogens (tertiary/aromatic N) is 1. The average Bonchev–Trinajstić information content (AvgIpc) is 2.22. The Balaban J connectivity index is 2.95. The van der Waals surface area contributed by atoms with Crippen molar-refractivity contribution in [3.05, 3.63) is 45.0 Å². The molecule has 1 aromatic heterocycles. The molecule has 0 saturated carbocycles. The fourth-order valence-corrected chi connectivity index (χ4v) is 0.980. The topological polar surface area (TPSA) is 81.2 Å². The second-order valence-electron chi connectivity index (χ2n) is 2.83. The van der Waals surface area contributed by atoms with Gasteiger partial charge in [0.15, 0.2) is 0 Å². The number of methoxy groups -OCH3 is 1. The molecule has 0 spiro atoms. The molecule has 0 amide bonds. The molecule has 1 aromatic rings. The van der Waals surface area contributed by atoms with E-state index >= 15 is 0 Å². The smallest absolute Gasteiger partial charge is 0.335 e. The first-order valence-corrected chi connectivity index (χ1v) is 4.11. The molecule has 6 heteroatoms. The quantitative estimate of drug-likeness (QED) is 0.526. The highest BCUT2D eigenvalue weighted by molar-refractivity contribution is 5.87. The third-order valence-corrected chi connectivity index (χ3v) is 1.71. The van der Waals surface area contributed by atoms with Crippen LogP contribution in [0.15, 0.2) is 33.9 Å². The average molecular weight is 210 g/mol. The summed E-state index contributed by atoms with van der Waals surface area (Å²) in [5, 5.41) is 2.27. The highest BCUT2D eigenvalue weighted by atomic mass is 16.5. The predicted octanol–water partition coefficient (Wildman–Crippen LogP) is -0.734. The summed E-state index contributed by atoms with van der Waals surface area (Å²) in [7, 11) is 1.21. The normalized spacial score (nSPS) is 9.67.